The van der Waals surface area contributed by atoms with E-state index < -0.39 is 24.1 Å². The first-order valence-electron chi connectivity index (χ1n) is 5.85. The summed E-state index contributed by atoms with van der Waals surface area (Å²) in [6.07, 6.45) is 0.558. The molecule has 8 nitrogen and oxygen atoms in total. The largest absolute Gasteiger partial charge is 0.394 e. The minimum Gasteiger partial charge on any atom is -0.394 e. The van der Waals surface area contributed by atoms with Crippen molar-refractivity contribution in [2.75, 3.05) is 12.1 Å². The highest BCUT2D eigenvalue weighted by Gasteiger charge is 2.35. The summed E-state index contributed by atoms with van der Waals surface area (Å²) in [5.74, 6) is -0.0608. The molecule has 1 fully saturated rings. The van der Waals surface area contributed by atoms with Crippen LogP contribution in [0, 0.1) is 0 Å². The molecule has 0 amide bonds. The third-order valence-electron chi connectivity index (χ3n) is 2.97. The van der Waals surface area contributed by atoms with Crippen LogP contribution in [0.15, 0.2) is 16.5 Å². The zero-order valence-electron chi connectivity index (χ0n) is 10.3. The smallest absolute Gasteiger partial charge is 0.351 e. The number of aromatic nitrogens is 2. The van der Waals surface area contributed by atoms with E-state index in [1.165, 1.54) is 17.8 Å². The summed E-state index contributed by atoms with van der Waals surface area (Å²) in [5, 5.41) is 27.8. The van der Waals surface area contributed by atoms with Crippen LogP contribution in [0.5, 0.6) is 0 Å². The molecule has 1 aliphatic rings. The standard InChI is InChI=1S/C11H14ClN3O5/c12-2-1-6-4-15(11(18)13-9(6)14-19)10-8(17)3-7(5-16)20-10/h1-2,4,7-8,10,16-17,19H,3,5H2,(H,13,14,18)/b2-1+/t7-,8+,10+/m0/s1. The van der Waals surface area contributed by atoms with Gasteiger partial charge in [0.05, 0.1) is 12.7 Å². The summed E-state index contributed by atoms with van der Waals surface area (Å²) >= 11 is 5.47. The third-order valence-corrected chi connectivity index (χ3v) is 3.10. The number of hydrogen-bond donors (Lipinski definition) is 4. The van der Waals surface area contributed by atoms with Gasteiger partial charge in [0.15, 0.2) is 12.0 Å². The maximum atomic E-state index is 11.9. The SMILES string of the molecule is O=c1nc(NO)c(/C=C/Cl)cn1[C@@H]1O[C@H](CO)C[C@H]1O. The predicted octanol–water partition coefficient (Wildman–Crippen LogP) is -0.105. The maximum absolute atomic E-state index is 11.9. The van der Waals surface area contributed by atoms with Crippen molar-refractivity contribution in [3.05, 3.63) is 27.8 Å². The number of ether oxygens (including phenoxy) is 1. The molecule has 110 valence electrons. The van der Waals surface area contributed by atoms with E-state index in [1.54, 1.807) is 5.48 Å². The molecule has 3 atom stereocenters. The fourth-order valence-electron chi connectivity index (χ4n) is 2.04. The fraction of sp³-hybridized carbons (Fsp3) is 0.455. The highest BCUT2D eigenvalue weighted by molar-refractivity contribution is 6.27. The topological polar surface area (TPSA) is 117 Å². The van der Waals surface area contributed by atoms with Crippen molar-refractivity contribution in [3.63, 3.8) is 0 Å². The molecule has 0 radical (unpaired) electrons. The molecule has 0 saturated carbocycles. The Morgan fingerprint density at radius 2 is 2.40 bits per heavy atom. The second-order valence-corrected chi connectivity index (χ2v) is 4.53. The number of aliphatic hydroxyl groups is 2. The number of aliphatic hydroxyl groups excluding tert-OH is 2. The van der Waals surface area contributed by atoms with Gasteiger partial charge in [-0.3, -0.25) is 15.3 Å². The molecule has 20 heavy (non-hydrogen) atoms. The van der Waals surface area contributed by atoms with E-state index in [4.69, 9.17) is 26.7 Å². The second kappa shape index (κ2) is 6.33. The van der Waals surface area contributed by atoms with E-state index in [0.29, 0.717) is 5.56 Å². The van der Waals surface area contributed by atoms with Crippen molar-refractivity contribution in [1.82, 2.24) is 9.55 Å². The van der Waals surface area contributed by atoms with E-state index in [-0.39, 0.29) is 18.8 Å². The lowest BCUT2D eigenvalue weighted by Crippen LogP contribution is -2.32. The second-order valence-electron chi connectivity index (χ2n) is 4.27. The number of nitrogens with zero attached hydrogens (tertiary/aromatic N) is 2. The Bertz CT molecular complexity index is 561. The molecule has 2 heterocycles. The number of rotatable bonds is 4. The van der Waals surface area contributed by atoms with E-state index in [2.05, 4.69) is 4.98 Å². The quantitative estimate of drug-likeness (QED) is 0.574. The highest BCUT2D eigenvalue weighted by Crippen LogP contribution is 2.28. The summed E-state index contributed by atoms with van der Waals surface area (Å²) in [5.41, 5.74) is 2.61. The molecular weight excluding hydrogens is 290 g/mol. The van der Waals surface area contributed by atoms with Gasteiger partial charge < -0.3 is 14.9 Å². The first kappa shape index (κ1) is 14.9. The van der Waals surface area contributed by atoms with Crippen molar-refractivity contribution in [3.8, 4) is 0 Å². The number of halogens is 1. The van der Waals surface area contributed by atoms with Crippen molar-refractivity contribution < 1.29 is 20.2 Å². The fourth-order valence-corrected chi connectivity index (χ4v) is 2.18. The van der Waals surface area contributed by atoms with E-state index in [1.807, 2.05) is 0 Å². The predicted molar refractivity (Wildman–Crippen MR) is 70.4 cm³/mol. The Kier molecular flexibility index (Phi) is 4.73. The summed E-state index contributed by atoms with van der Waals surface area (Å²) in [7, 11) is 0. The average molecular weight is 304 g/mol. The lowest BCUT2D eigenvalue weighted by atomic mass is 10.2. The Morgan fingerprint density at radius 3 is 2.95 bits per heavy atom. The first-order valence-corrected chi connectivity index (χ1v) is 6.28. The van der Waals surface area contributed by atoms with Crippen LogP contribution in [-0.4, -0.2) is 43.8 Å². The molecular formula is C11H14ClN3O5. The molecule has 0 aliphatic carbocycles. The van der Waals surface area contributed by atoms with Crippen molar-refractivity contribution in [2.45, 2.75) is 24.9 Å². The van der Waals surface area contributed by atoms with Gasteiger partial charge in [0, 0.05) is 23.7 Å². The van der Waals surface area contributed by atoms with Crippen LogP contribution in [0.1, 0.15) is 18.2 Å². The molecule has 1 aliphatic heterocycles. The van der Waals surface area contributed by atoms with E-state index >= 15 is 0 Å². The molecule has 4 N–H and O–H groups in total. The monoisotopic (exact) mass is 303 g/mol. The molecule has 1 aromatic rings. The lowest BCUT2D eigenvalue weighted by Gasteiger charge is -2.18. The Labute approximate surface area is 118 Å². The number of anilines is 1. The zero-order chi connectivity index (χ0) is 14.7. The van der Waals surface area contributed by atoms with Crippen molar-refractivity contribution >= 4 is 23.5 Å². The molecule has 2 rings (SSSR count). The van der Waals surface area contributed by atoms with Crippen molar-refractivity contribution in [2.24, 2.45) is 0 Å². The van der Waals surface area contributed by atoms with E-state index in [9.17, 15) is 9.90 Å². The molecule has 0 unspecified atom stereocenters. The van der Waals surface area contributed by atoms with Crippen molar-refractivity contribution in [1.29, 1.82) is 0 Å². The van der Waals surface area contributed by atoms with Crippen LogP contribution in [-0.2, 0) is 4.74 Å². The van der Waals surface area contributed by atoms with Crippen LogP contribution in [0.3, 0.4) is 0 Å². The average Bonchev–Trinajstić information content (AvgIpc) is 2.81. The molecule has 0 spiro atoms. The van der Waals surface area contributed by atoms with Crippen LogP contribution in [0.4, 0.5) is 5.82 Å². The molecule has 9 heteroatoms. The van der Waals surface area contributed by atoms with Gasteiger partial charge in [-0.05, 0) is 6.08 Å². The zero-order valence-corrected chi connectivity index (χ0v) is 11.1. The lowest BCUT2D eigenvalue weighted by molar-refractivity contribution is -0.0530. The van der Waals surface area contributed by atoms with Gasteiger partial charge in [0.1, 0.15) is 6.10 Å². The van der Waals surface area contributed by atoms with Gasteiger partial charge in [0.2, 0.25) is 0 Å². The van der Waals surface area contributed by atoms with Crippen LogP contribution >= 0.6 is 11.6 Å². The van der Waals surface area contributed by atoms with Crippen LogP contribution < -0.4 is 11.2 Å². The molecule has 1 saturated heterocycles. The summed E-state index contributed by atoms with van der Waals surface area (Å²) < 4.78 is 6.47. The number of nitrogens with one attached hydrogen (secondary N) is 1. The van der Waals surface area contributed by atoms with Gasteiger partial charge >= 0.3 is 5.69 Å². The summed E-state index contributed by atoms with van der Waals surface area (Å²) in [6.45, 7) is -0.250. The molecule has 1 aromatic heterocycles. The Morgan fingerprint density at radius 1 is 1.65 bits per heavy atom. The van der Waals surface area contributed by atoms with Gasteiger partial charge in [0.25, 0.3) is 0 Å². The Hall–Kier alpha value is -1.45. The van der Waals surface area contributed by atoms with Gasteiger partial charge in [-0.1, -0.05) is 11.6 Å². The number of hydrogen-bond acceptors (Lipinski definition) is 7. The first-order chi connectivity index (χ1) is 9.60. The Balaban J connectivity index is 2.42. The molecule has 0 bridgehead atoms. The normalized spacial score (nSPS) is 26.3. The third kappa shape index (κ3) is 2.84. The highest BCUT2D eigenvalue weighted by atomic mass is 35.5. The van der Waals surface area contributed by atoms with E-state index in [0.717, 1.165) is 4.57 Å². The van der Waals surface area contributed by atoms with Gasteiger partial charge in [-0.25, -0.2) is 4.79 Å². The summed E-state index contributed by atoms with van der Waals surface area (Å²) in [4.78, 5) is 15.5. The molecule has 0 aromatic carbocycles. The minimum atomic E-state index is -0.942. The van der Waals surface area contributed by atoms with Gasteiger partial charge in [-0.15, -0.1) is 0 Å². The minimum absolute atomic E-state index is 0.0608. The maximum Gasteiger partial charge on any atom is 0.351 e. The van der Waals surface area contributed by atoms with Crippen LogP contribution in [0.2, 0.25) is 0 Å². The summed E-state index contributed by atoms with van der Waals surface area (Å²) in [6, 6.07) is 0. The van der Waals surface area contributed by atoms with Gasteiger partial charge in [-0.2, -0.15) is 4.98 Å². The van der Waals surface area contributed by atoms with Crippen LogP contribution in [0.25, 0.3) is 6.08 Å².